The zero-order chi connectivity index (χ0) is 25.2. The van der Waals surface area contributed by atoms with Crippen molar-refractivity contribution < 1.29 is 24.2 Å². The summed E-state index contributed by atoms with van der Waals surface area (Å²) in [6, 6.07) is 7.17. The molecule has 0 bridgehead atoms. The molecule has 1 aliphatic rings. The second-order valence-corrected chi connectivity index (χ2v) is 10.2. The average molecular weight is 470 g/mol. The number of amides is 2. The summed E-state index contributed by atoms with van der Waals surface area (Å²) in [5, 5.41) is 12.6. The molecule has 8 heteroatoms. The number of rotatable bonds is 7. The molecule has 2 atom stereocenters. The number of pyridine rings is 1. The lowest BCUT2D eigenvalue weighted by molar-refractivity contribution is -0.114. The molecular formula is C26H35N3O5. The van der Waals surface area contributed by atoms with E-state index in [1.54, 1.807) is 6.20 Å². The Balaban J connectivity index is 1.86. The molecule has 1 aliphatic heterocycles. The Morgan fingerprint density at radius 3 is 2.53 bits per heavy atom. The Kier molecular flexibility index (Phi) is 7.38. The van der Waals surface area contributed by atoms with Crippen LogP contribution >= 0.6 is 0 Å². The fourth-order valence-corrected chi connectivity index (χ4v) is 4.41. The van der Waals surface area contributed by atoms with Gasteiger partial charge in [0.2, 0.25) is 5.91 Å². The lowest BCUT2D eigenvalue weighted by Crippen LogP contribution is -2.53. The van der Waals surface area contributed by atoms with Gasteiger partial charge < -0.3 is 19.9 Å². The summed E-state index contributed by atoms with van der Waals surface area (Å²) in [6.45, 7) is 13.5. The zero-order valence-electron chi connectivity index (χ0n) is 21.0. The number of carbonyl (C=O) groups excluding carboxylic acids is 1. The Bertz CT molecular complexity index is 1060. The molecule has 2 amide bonds. The Labute approximate surface area is 201 Å². The maximum absolute atomic E-state index is 12.0. The molecule has 2 N–H and O–H groups in total. The molecule has 0 saturated carbocycles. The molecule has 2 aromatic rings. The predicted molar refractivity (Wildman–Crippen MR) is 131 cm³/mol. The second-order valence-electron chi connectivity index (χ2n) is 10.2. The van der Waals surface area contributed by atoms with E-state index in [0.29, 0.717) is 29.7 Å². The molecule has 1 aromatic heterocycles. The minimum atomic E-state index is -0.954. The number of hydrogen-bond donors (Lipinski definition) is 2. The highest BCUT2D eigenvalue weighted by molar-refractivity contribution is 5.89. The minimum absolute atomic E-state index is 0.182. The van der Waals surface area contributed by atoms with Crippen LogP contribution in [0.4, 0.5) is 10.6 Å². The van der Waals surface area contributed by atoms with Crippen LogP contribution in [0.15, 0.2) is 30.5 Å². The van der Waals surface area contributed by atoms with Crippen LogP contribution in [0.5, 0.6) is 11.5 Å². The Hall–Kier alpha value is -3.29. The van der Waals surface area contributed by atoms with Gasteiger partial charge in [-0.05, 0) is 63.8 Å². The maximum Gasteiger partial charge on any atom is 0.408 e. The average Bonchev–Trinajstić information content (AvgIpc) is 2.69. The van der Waals surface area contributed by atoms with E-state index in [2.05, 4.69) is 24.1 Å². The van der Waals surface area contributed by atoms with Gasteiger partial charge in [-0.1, -0.05) is 13.8 Å². The molecule has 2 heterocycles. The number of fused-ring (bicyclic) bond motifs is 3. The Morgan fingerprint density at radius 2 is 1.94 bits per heavy atom. The SMILES string of the molecule is CC(=O)Nc1cc2c(cn1)C(C)Oc1cc(OC[C@H](CC(C)C)N(C(=O)O)C(C)(C)C)ccc1-2. The number of carbonyl (C=O) groups is 2. The molecule has 34 heavy (non-hydrogen) atoms. The molecule has 184 valence electrons. The van der Waals surface area contributed by atoms with Crippen molar-refractivity contribution in [3.05, 3.63) is 36.0 Å². The molecule has 3 rings (SSSR count). The van der Waals surface area contributed by atoms with Gasteiger partial charge in [-0.2, -0.15) is 0 Å². The third-order valence-corrected chi connectivity index (χ3v) is 5.70. The van der Waals surface area contributed by atoms with Crippen molar-refractivity contribution in [2.24, 2.45) is 5.92 Å². The lowest BCUT2D eigenvalue weighted by atomic mass is 9.95. The maximum atomic E-state index is 12.0. The van der Waals surface area contributed by atoms with Crippen LogP contribution in [0.1, 0.15) is 66.6 Å². The van der Waals surface area contributed by atoms with Gasteiger partial charge in [0.1, 0.15) is 30.0 Å². The largest absolute Gasteiger partial charge is 0.491 e. The highest BCUT2D eigenvalue weighted by atomic mass is 16.5. The van der Waals surface area contributed by atoms with Crippen molar-refractivity contribution in [2.45, 2.75) is 72.6 Å². The summed E-state index contributed by atoms with van der Waals surface area (Å²) < 4.78 is 12.2. The highest BCUT2D eigenvalue weighted by Crippen LogP contribution is 2.44. The van der Waals surface area contributed by atoms with Gasteiger partial charge in [-0.3, -0.25) is 9.69 Å². The van der Waals surface area contributed by atoms with E-state index in [1.807, 2.05) is 52.0 Å². The first-order valence-electron chi connectivity index (χ1n) is 11.6. The van der Waals surface area contributed by atoms with Crippen molar-refractivity contribution in [3.63, 3.8) is 0 Å². The molecule has 1 aromatic carbocycles. The first kappa shape index (κ1) is 25.3. The normalized spacial score (nSPS) is 15.6. The van der Waals surface area contributed by atoms with Gasteiger partial charge in [-0.25, -0.2) is 9.78 Å². The molecular weight excluding hydrogens is 434 g/mol. The number of nitrogens with zero attached hydrogens (tertiary/aromatic N) is 2. The highest BCUT2D eigenvalue weighted by Gasteiger charge is 2.34. The fraction of sp³-hybridized carbons (Fsp3) is 0.500. The van der Waals surface area contributed by atoms with Crippen molar-refractivity contribution in [1.82, 2.24) is 9.88 Å². The molecule has 0 spiro atoms. The van der Waals surface area contributed by atoms with Crippen LogP contribution in [0.3, 0.4) is 0 Å². The number of anilines is 1. The molecule has 8 nitrogen and oxygen atoms in total. The van der Waals surface area contributed by atoms with Crippen LogP contribution in [0, 0.1) is 5.92 Å². The summed E-state index contributed by atoms with van der Waals surface area (Å²) in [7, 11) is 0. The molecule has 0 radical (unpaired) electrons. The van der Waals surface area contributed by atoms with Gasteiger partial charge in [0, 0.05) is 35.9 Å². The van der Waals surface area contributed by atoms with E-state index in [1.165, 1.54) is 11.8 Å². The second kappa shape index (κ2) is 9.91. The van der Waals surface area contributed by atoms with E-state index in [9.17, 15) is 14.7 Å². The third kappa shape index (κ3) is 5.79. The summed E-state index contributed by atoms with van der Waals surface area (Å²) in [5.74, 6) is 1.90. The van der Waals surface area contributed by atoms with Gasteiger partial charge in [0.25, 0.3) is 0 Å². The van der Waals surface area contributed by atoms with E-state index < -0.39 is 11.6 Å². The van der Waals surface area contributed by atoms with Crippen molar-refractivity contribution >= 4 is 17.8 Å². The van der Waals surface area contributed by atoms with Gasteiger partial charge in [0.05, 0.1) is 6.04 Å². The lowest BCUT2D eigenvalue weighted by Gasteiger charge is -2.40. The van der Waals surface area contributed by atoms with Crippen LogP contribution in [0.2, 0.25) is 0 Å². The predicted octanol–water partition coefficient (Wildman–Crippen LogP) is 5.73. The molecule has 0 fully saturated rings. The van der Waals surface area contributed by atoms with Crippen LogP contribution in [-0.2, 0) is 4.79 Å². The first-order chi connectivity index (χ1) is 15.9. The van der Waals surface area contributed by atoms with E-state index in [0.717, 1.165) is 16.7 Å². The van der Waals surface area contributed by atoms with Crippen molar-refractivity contribution in [2.75, 3.05) is 11.9 Å². The van der Waals surface area contributed by atoms with Crippen molar-refractivity contribution in [1.29, 1.82) is 0 Å². The smallest absolute Gasteiger partial charge is 0.408 e. The summed E-state index contributed by atoms with van der Waals surface area (Å²) >= 11 is 0. The number of nitrogens with one attached hydrogen (secondary N) is 1. The third-order valence-electron chi connectivity index (χ3n) is 5.70. The van der Waals surface area contributed by atoms with Crippen LogP contribution in [0.25, 0.3) is 11.1 Å². The van der Waals surface area contributed by atoms with E-state index >= 15 is 0 Å². The van der Waals surface area contributed by atoms with E-state index in [4.69, 9.17) is 9.47 Å². The number of carboxylic acid groups (broad SMARTS) is 1. The van der Waals surface area contributed by atoms with Gasteiger partial charge in [-0.15, -0.1) is 0 Å². The number of aromatic nitrogens is 1. The zero-order valence-corrected chi connectivity index (χ0v) is 21.0. The molecule has 0 saturated heterocycles. The van der Waals surface area contributed by atoms with Crippen molar-refractivity contribution in [3.8, 4) is 22.6 Å². The monoisotopic (exact) mass is 469 g/mol. The topological polar surface area (TPSA) is 101 Å². The molecule has 0 aliphatic carbocycles. The quantitative estimate of drug-likeness (QED) is 0.537. The van der Waals surface area contributed by atoms with E-state index in [-0.39, 0.29) is 24.7 Å². The minimum Gasteiger partial charge on any atom is -0.491 e. The van der Waals surface area contributed by atoms with Crippen LogP contribution < -0.4 is 14.8 Å². The Morgan fingerprint density at radius 1 is 1.24 bits per heavy atom. The number of hydrogen-bond acceptors (Lipinski definition) is 5. The summed E-state index contributed by atoms with van der Waals surface area (Å²) in [6.07, 6.45) is 1.24. The summed E-state index contributed by atoms with van der Waals surface area (Å²) in [5.41, 5.74) is 2.22. The first-order valence-corrected chi connectivity index (χ1v) is 11.6. The number of benzene rings is 1. The summed E-state index contributed by atoms with van der Waals surface area (Å²) in [4.78, 5) is 29.3. The standard InChI is InChI=1S/C26H35N3O5/c1-15(2)10-18(29(25(31)32)26(5,6)7)14-33-19-8-9-20-21-12-24(28-17(4)30)27-13-22(21)16(3)34-23(20)11-19/h8-9,11-13,15-16,18H,10,14H2,1-7H3,(H,31,32)(H,27,28,30)/t16?,18-/m0/s1. The van der Waals surface area contributed by atoms with Gasteiger partial charge in [0.15, 0.2) is 0 Å². The molecule has 1 unspecified atom stereocenters. The fourth-order valence-electron chi connectivity index (χ4n) is 4.41. The van der Waals surface area contributed by atoms with Crippen LogP contribution in [-0.4, -0.2) is 45.2 Å². The van der Waals surface area contributed by atoms with Gasteiger partial charge >= 0.3 is 6.09 Å². The number of ether oxygens (including phenoxy) is 2.